The van der Waals surface area contributed by atoms with Crippen LogP contribution in [0.3, 0.4) is 0 Å². The summed E-state index contributed by atoms with van der Waals surface area (Å²) in [6, 6.07) is 8.36. The summed E-state index contributed by atoms with van der Waals surface area (Å²) in [4.78, 5) is 3.80. The van der Waals surface area contributed by atoms with E-state index in [2.05, 4.69) is 22.3 Å². The molecular weight excluding hydrogens is 232 g/mol. The zero-order valence-electron chi connectivity index (χ0n) is 10.3. The predicted molar refractivity (Wildman–Crippen MR) is 72.8 cm³/mol. The van der Waals surface area contributed by atoms with Crippen molar-refractivity contribution in [3.05, 3.63) is 24.3 Å². The molecule has 0 atom stereocenters. The predicted octanol–water partition coefficient (Wildman–Crippen LogP) is 2.04. The molecule has 17 heavy (non-hydrogen) atoms. The molecule has 1 aromatic carbocycles. The molecule has 0 aromatic heterocycles. The highest BCUT2D eigenvalue weighted by atomic mass is 32.2. The molecule has 1 fully saturated rings. The van der Waals surface area contributed by atoms with Crippen LogP contribution in [-0.4, -0.2) is 43.6 Å². The Bertz CT molecular complexity index is 323. The Morgan fingerprint density at radius 1 is 1.24 bits per heavy atom. The van der Waals surface area contributed by atoms with E-state index < -0.39 is 0 Å². The summed E-state index contributed by atoms with van der Waals surface area (Å²) in [5.74, 6) is 2.04. The molecule has 3 nitrogen and oxygen atoms in total. The third-order valence-electron chi connectivity index (χ3n) is 2.76. The molecule has 0 aliphatic carbocycles. The van der Waals surface area contributed by atoms with Gasteiger partial charge in [-0.2, -0.15) is 0 Å². The van der Waals surface area contributed by atoms with Crippen molar-refractivity contribution in [1.29, 1.82) is 0 Å². The van der Waals surface area contributed by atoms with E-state index in [9.17, 15) is 0 Å². The second-order valence-electron chi connectivity index (χ2n) is 4.05. The smallest absolute Gasteiger partial charge is 0.119 e. The molecule has 1 N–H and O–H groups in total. The van der Waals surface area contributed by atoms with Crippen molar-refractivity contribution in [3.63, 3.8) is 0 Å². The summed E-state index contributed by atoms with van der Waals surface area (Å²) < 4.78 is 5.43. The van der Waals surface area contributed by atoms with Gasteiger partial charge >= 0.3 is 0 Å². The lowest BCUT2D eigenvalue weighted by Gasteiger charge is -2.26. The maximum Gasteiger partial charge on any atom is 0.119 e. The molecule has 0 radical (unpaired) electrons. The number of hydrogen-bond acceptors (Lipinski definition) is 4. The largest absolute Gasteiger partial charge is 0.494 e. The quantitative estimate of drug-likeness (QED) is 0.811. The number of benzene rings is 1. The number of piperazine rings is 1. The average molecular weight is 252 g/mol. The fourth-order valence-electron chi connectivity index (χ4n) is 1.80. The van der Waals surface area contributed by atoms with Crippen LogP contribution in [0.4, 0.5) is 0 Å². The zero-order chi connectivity index (χ0) is 11.9. The van der Waals surface area contributed by atoms with E-state index >= 15 is 0 Å². The molecule has 2 rings (SSSR count). The topological polar surface area (TPSA) is 24.5 Å². The number of nitrogens with zero attached hydrogens (tertiary/aromatic N) is 1. The first-order valence-corrected chi connectivity index (χ1v) is 7.16. The highest BCUT2D eigenvalue weighted by Gasteiger charge is 2.09. The van der Waals surface area contributed by atoms with Gasteiger partial charge in [-0.1, -0.05) is 0 Å². The Hall–Kier alpha value is -0.710. The van der Waals surface area contributed by atoms with Crippen LogP contribution in [-0.2, 0) is 0 Å². The Labute approximate surface area is 108 Å². The molecule has 0 bridgehead atoms. The minimum atomic E-state index is 0.729. The minimum Gasteiger partial charge on any atom is -0.494 e. The lowest BCUT2D eigenvalue weighted by Crippen LogP contribution is -2.43. The molecule has 1 aliphatic heterocycles. The van der Waals surface area contributed by atoms with Gasteiger partial charge in [0.25, 0.3) is 0 Å². The van der Waals surface area contributed by atoms with Crippen LogP contribution in [0, 0.1) is 0 Å². The molecule has 0 saturated carbocycles. The summed E-state index contributed by atoms with van der Waals surface area (Å²) in [5.41, 5.74) is 0. The van der Waals surface area contributed by atoms with Crippen molar-refractivity contribution < 1.29 is 4.74 Å². The molecule has 4 heteroatoms. The first-order chi connectivity index (χ1) is 8.38. The van der Waals surface area contributed by atoms with Crippen LogP contribution in [0.5, 0.6) is 5.75 Å². The van der Waals surface area contributed by atoms with Gasteiger partial charge in [0.2, 0.25) is 0 Å². The first kappa shape index (κ1) is 12.7. The standard InChI is InChI=1S/C13H20N2OS/c1-2-16-12-3-5-13(6-4-12)17-11-15-9-7-14-8-10-15/h3-6,14H,2,7-11H2,1H3. The van der Waals surface area contributed by atoms with E-state index in [1.807, 2.05) is 30.8 Å². The van der Waals surface area contributed by atoms with E-state index in [0.717, 1.165) is 44.4 Å². The minimum absolute atomic E-state index is 0.729. The van der Waals surface area contributed by atoms with E-state index in [-0.39, 0.29) is 0 Å². The fraction of sp³-hybridized carbons (Fsp3) is 0.538. The highest BCUT2D eigenvalue weighted by molar-refractivity contribution is 7.99. The number of hydrogen-bond donors (Lipinski definition) is 1. The second-order valence-corrected chi connectivity index (χ2v) is 5.06. The lowest BCUT2D eigenvalue weighted by molar-refractivity contribution is 0.280. The molecule has 94 valence electrons. The summed E-state index contributed by atoms with van der Waals surface area (Å²) in [7, 11) is 0. The molecule has 1 heterocycles. The van der Waals surface area contributed by atoms with Crippen molar-refractivity contribution in [1.82, 2.24) is 10.2 Å². The maximum absolute atomic E-state index is 5.43. The Morgan fingerprint density at radius 2 is 1.94 bits per heavy atom. The number of ether oxygens (including phenoxy) is 1. The first-order valence-electron chi connectivity index (χ1n) is 6.17. The maximum atomic E-state index is 5.43. The van der Waals surface area contributed by atoms with Gasteiger partial charge in [0.05, 0.1) is 6.61 Å². The second kappa shape index (κ2) is 6.89. The molecular formula is C13H20N2OS. The van der Waals surface area contributed by atoms with Crippen LogP contribution >= 0.6 is 11.8 Å². The number of nitrogens with one attached hydrogen (secondary N) is 1. The highest BCUT2D eigenvalue weighted by Crippen LogP contribution is 2.22. The molecule has 0 spiro atoms. The van der Waals surface area contributed by atoms with Crippen molar-refractivity contribution in [2.24, 2.45) is 0 Å². The van der Waals surface area contributed by atoms with E-state index in [4.69, 9.17) is 4.74 Å². The van der Waals surface area contributed by atoms with Gasteiger partial charge in [-0.05, 0) is 31.2 Å². The van der Waals surface area contributed by atoms with Gasteiger partial charge in [0.15, 0.2) is 0 Å². The number of rotatable bonds is 5. The summed E-state index contributed by atoms with van der Waals surface area (Å²) in [6.07, 6.45) is 0. The van der Waals surface area contributed by atoms with E-state index in [1.165, 1.54) is 4.90 Å². The van der Waals surface area contributed by atoms with Crippen LogP contribution in [0.25, 0.3) is 0 Å². The van der Waals surface area contributed by atoms with E-state index in [1.54, 1.807) is 0 Å². The Morgan fingerprint density at radius 3 is 2.59 bits per heavy atom. The van der Waals surface area contributed by atoms with Gasteiger partial charge in [-0.3, -0.25) is 4.90 Å². The molecule has 0 unspecified atom stereocenters. The van der Waals surface area contributed by atoms with Gasteiger partial charge in [-0.15, -0.1) is 11.8 Å². The van der Waals surface area contributed by atoms with Crippen molar-refractivity contribution >= 4 is 11.8 Å². The SMILES string of the molecule is CCOc1ccc(SCN2CCNCC2)cc1. The molecule has 0 amide bonds. The monoisotopic (exact) mass is 252 g/mol. The van der Waals surface area contributed by atoms with Crippen molar-refractivity contribution in [2.45, 2.75) is 11.8 Å². The van der Waals surface area contributed by atoms with Crippen LogP contribution < -0.4 is 10.1 Å². The average Bonchev–Trinajstić information content (AvgIpc) is 2.40. The van der Waals surface area contributed by atoms with Crippen LogP contribution in [0.2, 0.25) is 0 Å². The van der Waals surface area contributed by atoms with Crippen molar-refractivity contribution in [2.75, 3.05) is 38.7 Å². The van der Waals surface area contributed by atoms with Crippen LogP contribution in [0.1, 0.15) is 6.92 Å². The Balaban J connectivity index is 1.77. The van der Waals surface area contributed by atoms with Gasteiger partial charge in [-0.25, -0.2) is 0 Å². The fourth-order valence-corrected chi connectivity index (χ4v) is 2.72. The zero-order valence-corrected chi connectivity index (χ0v) is 11.1. The lowest BCUT2D eigenvalue weighted by atomic mass is 10.3. The summed E-state index contributed by atoms with van der Waals surface area (Å²) in [5, 5.41) is 3.37. The summed E-state index contributed by atoms with van der Waals surface area (Å²) in [6.45, 7) is 7.28. The molecule has 1 aromatic rings. The van der Waals surface area contributed by atoms with Crippen molar-refractivity contribution in [3.8, 4) is 5.75 Å². The normalized spacial score (nSPS) is 17.0. The van der Waals surface area contributed by atoms with E-state index in [0.29, 0.717) is 0 Å². The summed E-state index contributed by atoms with van der Waals surface area (Å²) >= 11 is 1.90. The molecule has 1 saturated heterocycles. The van der Waals surface area contributed by atoms with Crippen LogP contribution in [0.15, 0.2) is 29.2 Å². The van der Waals surface area contributed by atoms with Gasteiger partial charge in [0.1, 0.15) is 5.75 Å². The molecule has 1 aliphatic rings. The third kappa shape index (κ3) is 4.22. The van der Waals surface area contributed by atoms with Gasteiger partial charge < -0.3 is 10.1 Å². The number of thioether (sulfide) groups is 1. The van der Waals surface area contributed by atoms with Gasteiger partial charge in [0, 0.05) is 37.0 Å². The third-order valence-corrected chi connectivity index (χ3v) is 3.86. The Kier molecular flexibility index (Phi) is 5.16.